The average molecular weight is 253 g/mol. The third-order valence-corrected chi connectivity index (χ3v) is 4.34. The molecule has 0 unspecified atom stereocenters. The van der Waals surface area contributed by atoms with Gasteiger partial charge in [-0.05, 0) is 12.3 Å². The van der Waals surface area contributed by atoms with Crippen molar-refractivity contribution in [1.29, 1.82) is 5.26 Å². The Bertz CT molecular complexity index is 579. The summed E-state index contributed by atoms with van der Waals surface area (Å²) in [4.78, 5) is 0. The van der Waals surface area contributed by atoms with Crippen LogP contribution in [0.25, 0.3) is 0 Å². The van der Waals surface area contributed by atoms with Crippen LogP contribution in [0.2, 0.25) is 0 Å². The number of rotatable bonds is 2. The van der Waals surface area contributed by atoms with Crippen molar-refractivity contribution in [2.45, 2.75) is 32.6 Å². The van der Waals surface area contributed by atoms with Crippen molar-refractivity contribution in [3.8, 4) is 6.07 Å². The molecule has 0 aromatic carbocycles. The van der Waals surface area contributed by atoms with Gasteiger partial charge in [0.2, 0.25) is 0 Å². The van der Waals surface area contributed by atoms with E-state index in [9.17, 15) is 8.42 Å². The SMILES string of the molecule is CC(C)Cn1nc2c(c1C#N)CCS(=O)(=O)C2. The van der Waals surface area contributed by atoms with Crippen LogP contribution in [0.15, 0.2) is 0 Å². The highest BCUT2D eigenvalue weighted by Gasteiger charge is 2.28. The predicted molar refractivity (Wildman–Crippen MR) is 63.0 cm³/mol. The first kappa shape index (κ1) is 12.1. The molecule has 0 bridgehead atoms. The Kier molecular flexibility index (Phi) is 2.96. The Morgan fingerprint density at radius 2 is 2.24 bits per heavy atom. The maximum atomic E-state index is 11.5. The maximum Gasteiger partial charge on any atom is 0.156 e. The van der Waals surface area contributed by atoms with Gasteiger partial charge in [0, 0.05) is 12.1 Å². The molecule has 1 aliphatic rings. The summed E-state index contributed by atoms with van der Waals surface area (Å²) in [7, 11) is -3.02. The van der Waals surface area contributed by atoms with Gasteiger partial charge in [-0.2, -0.15) is 10.4 Å². The van der Waals surface area contributed by atoms with Gasteiger partial charge in [0.1, 0.15) is 11.8 Å². The van der Waals surface area contributed by atoms with Gasteiger partial charge in [-0.3, -0.25) is 4.68 Å². The van der Waals surface area contributed by atoms with Crippen molar-refractivity contribution < 1.29 is 8.42 Å². The lowest BCUT2D eigenvalue weighted by molar-refractivity contribution is 0.477. The molecule has 92 valence electrons. The predicted octanol–water partition coefficient (Wildman–Crippen LogP) is 0.882. The third kappa shape index (κ3) is 2.34. The zero-order chi connectivity index (χ0) is 12.6. The van der Waals surface area contributed by atoms with E-state index >= 15 is 0 Å². The van der Waals surface area contributed by atoms with Crippen LogP contribution < -0.4 is 0 Å². The Morgan fingerprint density at radius 3 is 2.82 bits per heavy atom. The molecule has 0 aliphatic carbocycles. The summed E-state index contributed by atoms with van der Waals surface area (Å²) in [5.41, 5.74) is 1.92. The number of nitriles is 1. The summed E-state index contributed by atoms with van der Waals surface area (Å²) >= 11 is 0. The van der Waals surface area contributed by atoms with E-state index in [1.807, 2.05) is 13.8 Å². The molecule has 0 saturated carbocycles. The second-order valence-electron chi connectivity index (χ2n) is 4.80. The van der Waals surface area contributed by atoms with Crippen LogP contribution in [0.4, 0.5) is 0 Å². The summed E-state index contributed by atoms with van der Waals surface area (Å²) in [6.07, 6.45) is 0.415. The van der Waals surface area contributed by atoms with E-state index < -0.39 is 9.84 Å². The van der Waals surface area contributed by atoms with Gasteiger partial charge in [0.25, 0.3) is 0 Å². The molecule has 2 rings (SSSR count). The molecule has 0 atom stereocenters. The second kappa shape index (κ2) is 4.15. The van der Waals surface area contributed by atoms with Crippen LogP contribution >= 0.6 is 0 Å². The van der Waals surface area contributed by atoms with Crippen molar-refractivity contribution >= 4 is 9.84 Å². The first-order chi connectivity index (χ1) is 7.93. The number of aromatic nitrogens is 2. The molecule has 5 nitrogen and oxygen atoms in total. The quantitative estimate of drug-likeness (QED) is 0.784. The highest BCUT2D eigenvalue weighted by Crippen LogP contribution is 2.23. The molecule has 0 saturated heterocycles. The van der Waals surface area contributed by atoms with Gasteiger partial charge in [-0.25, -0.2) is 8.42 Å². The molecule has 1 aromatic heterocycles. The molecule has 0 fully saturated rings. The van der Waals surface area contributed by atoms with Gasteiger partial charge in [0.15, 0.2) is 9.84 Å². The Hall–Kier alpha value is -1.35. The van der Waals surface area contributed by atoms with Gasteiger partial charge in [-0.15, -0.1) is 0 Å². The van der Waals surface area contributed by atoms with Crippen LogP contribution in [-0.4, -0.2) is 24.0 Å². The smallest absolute Gasteiger partial charge is 0.156 e. The molecule has 0 radical (unpaired) electrons. The van der Waals surface area contributed by atoms with E-state index in [0.717, 1.165) is 5.56 Å². The number of hydrogen-bond acceptors (Lipinski definition) is 4. The molecule has 0 N–H and O–H groups in total. The summed E-state index contributed by atoms with van der Waals surface area (Å²) in [5, 5.41) is 13.4. The van der Waals surface area contributed by atoms with E-state index in [1.165, 1.54) is 0 Å². The molecule has 17 heavy (non-hydrogen) atoms. The normalized spacial score (nSPS) is 17.8. The standard InChI is InChI=1S/C11H15N3O2S/c1-8(2)6-14-11(5-12)9-3-4-17(15,16)7-10(9)13-14/h8H,3-4,6-7H2,1-2H3. The number of sulfone groups is 1. The molecule has 0 spiro atoms. The lowest BCUT2D eigenvalue weighted by Crippen LogP contribution is -2.18. The van der Waals surface area contributed by atoms with Crippen LogP contribution in [0.5, 0.6) is 0 Å². The second-order valence-corrected chi connectivity index (χ2v) is 6.99. The van der Waals surface area contributed by atoms with Crippen molar-refractivity contribution in [2.24, 2.45) is 5.92 Å². The Morgan fingerprint density at radius 1 is 1.53 bits per heavy atom. The molecule has 2 heterocycles. The molecule has 6 heteroatoms. The summed E-state index contributed by atoms with van der Waals surface area (Å²) < 4.78 is 24.7. The first-order valence-electron chi connectivity index (χ1n) is 5.62. The zero-order valence-corrected chi connectivity index (χ0v) is 10.8. The van der Waals surface area contributed by atoms with E-state index in [-0.39, 0.29) is 11.5 Å². The van der Waals surface area contributed by atoms with Crippen molar-refractivity contribution in [2.75, 3.05) is 5.75 Å². The fourth-order valence-electron chi connectivity index (χ4n) is 2.07. The van der Waals surface area contributed by atoms with Gasteiger partial charge in [0.05, 0.1) is 17.2 Å². The monoisotopic (exact) mass is 253 g/mol. The molecule has 0 amide bonds. The maximum absolute atomic E-state index is 11.5. The van der Waals surface area contributed by atoms with Crippen LogP contribution in [0, 0.1) is 17.2 Å². The van der Waals surface area contributed by atoms with Crippen LogP contribution in [0.1, 0.15) is 30.8 Å². The van der Waals surface area contributed by atoms with Crippen molar-refractivity contribution in [1.82, 2.24) is 9.78 Å². The summed E-state index contributed by atoms with van der Waals surface area (Å²) in [6.45, 7) is 4.73. The van der Waals surface area contributed by atoms with Gasteiger partial charge >= 0.3 is 0 Å². The van der Waals surface area contributed by atoms with Gasteiger partial charge < -0.3 is 0 Å². The number of nitrogens with zero attached hydrogens (tertiary/aromatic N) is 3. The van der Waals surface area contributed by atoms with E-state index in [4.69, 9.17) is 5.26 Å². The minimum Gasteiger partial charge on any atom is -0.254 e. The molecular weight excluding hydrogens is 238 g/mol. The largest absolute Gasteiger partial charge is 0.254 e. The minimum absolute atomic E-state index is 0.0257. The van der Waals surface area contributed by atoms with Crippen LogP contribution in [0.3, 0.4) is 0 Å². The van der Waals surface area contributed by atoms with Gasteiger partial charge in [-0.1, -0.05) is 13.8 Å². The number of fused-ring (bicyclic) bond motifs is 1. The van der Waals surface area contributed by atoms with E-state index in [0.29, 0.717) is 30.3 Å². The molecule has 1 aliphatic heterocycles. The summed E-state index contributed by atoms with van der Waals surface area (Å²) in [6, 6.07) is 2.14. The topological polar surface area (TPSA) is 75.8 Å². The summed E-state index contributed by atoms with van der Waals surface area (Å²) in [5.74, 6) is 0.476. The van der Waals surface area contributed by atoms with E-state index in [2.05, 4.69) is 11.2 Å². The zero-order valence-electron chi connectivity index (χ0n) is 9.97. The molecule has 1 aromatic rings. The first-order valence-corrected chi connectivity index (χ1v) is 7.44. The van der Waals surface area contributed by atoms with Crippen molar-refractivity contribution in [3.63, 3.8) is 0 Å². The number of hydrogen-bond donors (Lipinski definition) is 0. The Labute approximate surface area is 101 Å². The lowest BCUT2D eigenvalue weighted by Gasteiger charge is -2.09. The third-order valence-electron chi connectivity index (χ3n) is 2.80. The van der Waals surface area contributed by atoms with E-state index in [1.54, 1.807) is 4.68 Å². The lowest BCUT2D eigenvalue weighted by atomic mass is 10.1. The van der Waals surface area contributed by atoms with Crippen LogP contribution in [-0.2, 0) is 28.6 Å². The highest BCUT2D eigenvalue weighted by molar-refractivity contribution is 7.90. The minimum atomic E-state index is -3.02. The molecular formula is C11H15N3O2S. The fraction of sp³-hybridized carbons (Fsp3) is 0.636. The Balaban J connectivity index is 2.46. The highest BCUT2D eigenvalue weighted by atomic mass is 32.2. The fourth-order valence-corrected chi connectivity index (χ4v) is 3.38. The van der Waals surface area contributed by atoms with Crippen molar-refractivity contribution in [3.05, 3.63) is 17.0 Å². The average Bonchev–Trinajstić information content (AvgIpc) is 2.51.